The van der Waals surface area contributed by atoms with Crippen LogP contribution < -0.4 is 5.32 Å². The van der Waals surface area contributed by atoms with Gasteiger partial charge in [-0.15, -0.1) is 0 Å². The lowest BCUT2D eigenvalue weighted by Crippen LogP contribution is -2.26. The highest BCUT2D eigenvalue weighted by Crippen LogP contribution is 2.20. The van der Waals surface area contributed by atoms with Gasteiger partial charge in [-0.1, -0.05) is 37.1 Å². The van der Waals surface area contributed by atoms with Crippen molar-refractivity contribution in [2.45, 2.75) is 39.7 Å². The summed E-state index contributed by atoms with van der Waals surface area (Å²) >= 11 is 6.27. The molecule has 0 saturated carbocycles. The molecule has 1 aromatic heterocycles. The van der Waals surface area contributed by atoms with Gasteiger partial charge in [-0.05, 0) is 37.5 Å². The second kappa shape index (κ2) is 8.11. The summed E-state index contributed by atoms with van der Waals surface area (Å²) in [4.78, 5) is 12.3. The first-order chi connectivity index (χ1) is 11.0. The Labute approximate surface area is 140 Å². The van der Waals surface area contributed by atoms with Crippen LogP contribution in [-0.4, -0.2) is 22.2 Å². The Hall–Kier alpha value is -1.88. The average Bonchev–Trinajstić information content (AvgIpc) is 2.81. The number of unbranched alkanes of at least 4 members (excludes halogenated alkanes) is 1. The van der Waals surface area contributed by atoms with Crippen LogP contribution >= 0.6 is 11.6 Å². The molecule has 4 nitrogen and oxygen atoms in total. The van der Waals surface area contributed by atoms with E-state index in [9.17, 15) is 9.18 Å². The molecule has 0 spiro atoms. The number of halogens is 2. The van der Waals surface area contributed by atoms with Crippen LogP contribution in [0.5, 0.6) is 0 Å². The molecule has 0 aliphatic carbocycles. The predicted molar refractivity (Wildman–Crippen MR) is 89.3 cm³/mol. The van der Waals surface area contributed by atoms with Crippen molar-refractivity contribution in [2.75, 3.05) is 6.54 Å². The van der Waals surface area contributed by atoms with Gasteiger partial charge < -0.3 is 5.32 Å². The van der Waals surface area contributed by atoms with Crippen LogP contribution in [0.2, 0.25) is 5.15 Å². The zero-order chi connectivity index (χ0) is 16.8. The Bertz CT molecular complexity index is 667. The number of benzene rings is 1. The molecule has 6 heteroatoms. The van der Waals surface area contributed by atoms with Crippen molar-refractivity contribution < 1.29 is 9.18 Å². The van der Waals surface area contributed by atoms with E-state index in [4.69, 9.17) is 11.6 Å². The highest BCUT2D eigenvalue weighted by atomic mass is 35.5. The highest BCUT2D eigenvalue weighted by Gasteiger charge is 2.19. The van der Waals surface area contributed by atoms with Gasteiger partial charge in [-0.2, -0.15) is 5.10 Å². The minimum Gasteiger partial charge on any atom is -0.352 e. The number of hydrogen-bond donors (Lipinski definition) is 1. The average molecular weight is 338 g/mol. The monoisotopic (exact) mass is 337 g/mol. The molecule has 2 rings (SSSR count). The van der Waals surface area contributed by atoms with Crippen molar-refractivity contribution in [3.8, 4) is 0 Å². The Morgan fingerprint density at radius 1 is 1.35 bits per heavy atom. The molecular formula is C17H21ClFN3O. The predicted octanol–water partition coefficient (Wildman–Crippen LogP) is 3.76. The lowest BCUT2D eigenvalue weighted by Gasteiger charge is -2.06. The lowest BCUT2D eigenvalue weighted by atomic mass is 10.1. The molecular weight excluding hydrogens is 317 g/mol. The first-order valence-corrected chi connectivity index (χ1v) is 8.16. The second-order valence-corrected chi connectivity index (χ2v) is 5.82. The second-order valence-electron chi connectivity index (χ2n) is 5.46. The normalized spacial score (nSPS) is 10.8. The number of rotatable bonds is 7. The standard InChI is InChI=1S/C17H21ClFN3O/c1-3-4-11-22-16(18)15(12(2)21-22)17(23)20-10-9-13-5-7-14(19)8-6-13/h5-8H,3-4,9-11H2,1-2H3,(H,20,23). The summed E-state index contributed by atoms with van der Waals surface area (Å²) in [7, 11) is 0. The van der Waals surface area contributed by atoms with E-state index >= 15 is 0 Å². The molecule has 0 atom stereocenters. The van der Waals surface area contributed by atoms with E-state index in [-0.39, 0.29) is 11.7 Å². The SMILES string of the molecule is CCCCn1nc(C)c(C(=O)NCCc2ccc(F)cc2)c1Cl. The first kappa shape index (κ1) is 17.5. The van der Waals surface area contributed by atoms with E-state index < -0.39 is 0 Å². The van der Waals surface area contributed by atoms with Crippen LogP contribution in [0.4, 0.5) is 4.39 Å². The quantitative estimate of drug-likeness (QED) is 0.836. The molecule has 124 valence electrons. The van der Waals surface area contributed by atoms with Gasteiger partial charge in [0.2, 0.25) is 0 Å². The summed E-state index contributed by atoms with van der Waals surface area (Å²) in [5.41, 5.74) is 2.03. The van der Waals surface area contributed by atoms with E-state index in [0.717, 1.165) is 18.4 Å². The topological polar surface area (TPSA) is 46.9 Å². The number of nitrogens with one attached hydrogen (secondary N) is 1. The third-order valence-electron chi connectivity index (χ3n) is 3.63. The maximum atomic E-state index is 12.8. The van der Waals surface area contributed by atoms with Gasteiger partial charge in [-0.3, -0.25) is 9.48 Å². The molecule has 0 bridgehead atoms. The first-order valence-electron chi connectivity index (χ1n) is 7.78. The molecule has 1 aromatic carbocycles. The van der Waals surface area contributed by atoms with Crippen LogP contribution in [-0.2, 0) is 13.0 Å². The Morgan fingerprint density at radius 2 is 2.04 bits per heavy atom. The van der Waals surface area contributed by atoms with Crippen LogP contribution in [0.3, 0.4) is 0 Å². The van der Waals surface area contributed by atoms with Crippen LogP contribution in [0.1, 0.15) is 41.4 Å². The van der Waals surface area contributed by atoms with Gasteiger partial charge in [0.25, 0.3) is 5.91 Å². The van der Waals surface area contributed by atoms with Crippen molar-refractivity contribution in [2.24, 2.45) is 0 Å². The fourth-order valence-electron chi connectivity index (χ4n) is 2.33. The molecule has 1 heterocycles. The van der Waals surface area contributed by atoms with Gasteiger partial charge in [0, 0.05) is 13.1 Å². The molecule has 0 aliphatic heterocycles. The lowest BCUT2D eigenvalue weighted by molar-refractivity contribution is 0.0953. The van der Waals surface area contributed by atoms with Crippen molar-refractivity contribution in [3.05, 3.63) is 52.1 Å². The Morgan fingerprint density at radius 3 is 2.70 bits per heavy atom. The summed E-state index contributed by atoms with van der Waals surface area (Å²) in [5, 5.41) is 7.55. The maximum Gasteiger partial charge on any atom is 0.256 e. The van der Waals surface area contributed by atoms with E-state index in [0.29, 0.717) is 35.9 Å². The van der Waals surface area contributed by atoms with Crippen molar-refractivity contribution in [3.63, 3.8) is 0 Å². The number of aryl methyl sites for hydroxylation is 2. The fourth-order valence-corrected chi connectivity index (χ4v) is 2.67. The van der Waals surface area contributed by atoms with Crippen LogP contribution in [0, 0.1) is 12.7 Å². The Balaban J connectivity index is 1.95. The number of nitrogens with zero attached hydrogens (tertiary/aromatic N) is 2. The van der Waals surface area contributed by atoms with Crippen molar-refractivity contribution >= 4 is 17.5 Å². The third-order valence-corrected chi connectivity index (χ3v) is 4.01. The van der Waals surface area contributed by atoms with Gasteiger partial charge in [0.05, 0.1) is 11.3 Å². The summed E-state index contributed by atoms with van der Waals surface area (Å²) in [5.74, 6) is -0.489. The number of carbonyl (C=O) groups excluding carboxylic acids is 1. The molecule has 0 aliphatic rings. The number of hydrogen-bond acceptors (Lipinski definition) is 2. The summed E-state index contributed by atoms with van der Waals surface area (Å²) in [6.45, 7) is 5.04. The molecule has 1 amide bonds. The summed E-state index contributed by atoms with van der Waals surface area (Å²) < 4.78 is 14.5. The number of aromatic nitrogens is 2. The number of carbonyl (C=O) groups is 1. The zero-order valence-corrected chi connectivity index (χ0v) is 14.2. The van der Waals surface area contributed by atoms with Gasteiger partial charge >= 0.3 is 0 Å². The summed E-state index contributed by atoms with van der Waals surface area (Å²) in [6.07, 6.45) is 2.63. The zero-order valence-electron chi connectivity index (χ0n) is 13.4. The van der Waals surface area contributed by atoms with Crippen molar-refractivity contribution in [1.82, 2.24) is 15.1 Å². The number of amides is 1. The largest absolute Gasteiger partial charge is 0.352 e. The maximum absolute atomic E-state index is 12.8. The van der Waals surface area contributed by atoms with Gasteiger partial charge in [-0.25, -0.2) is 4.39 Å². The highest BCUT2D eigenvalue weighted by molar-refractivity contribution is 6.33. The molecule has 23 heavy (non-hydrogen) atoms. The molecule has 1 N–H and O–H groups in total. The molecule has 0 unspecified atom stereocenters. The molecule has 2 aromatic rings. The third kappa shape index (κ3) is 4.55. The van der Waals surface area contributed by atoms with Crippen LogP contribution in [0.25, 0.3) is 0 Å². The van der Waals surface area contributed by atoms with E-state index in [1.54, 1.807) is 23.7 Å². The Kier molecular flexibility index (Phi) is 6.16. The fraction of sp³-hybridized carbons (Fsp3) is 0.412. The van der Waals surface area contributed by atoms with Crippen molar-refractivity contribution in [1.29, 1.82) is 0 Å². The summed E-state index contributed by atoms with van der Waals surface area (Å²) in [6, 6.07) is 6.25. The van der Waals surface area contributed by atoms with E-state index in [1.165, 1.54) is 12.1 Å². The molecule has 0 fully saturated rings. The van der Waals surface area contributed by atoms with E-state index in [1.807, 2.05) is 0 Å². The van der Waals surface area contributed by atoms with Gasteiger partial charge in [0.15, 0.2) is 0 Å². The van der Waals surface area contributed by atoms with Crippen LogP contribution in [0.15, 0.2) is 24.3 Å². The molecule has 0 radical (unpaired) electrons. The van der Waals surface area contributed by atoms with E-state index in [2.05, 4.69) is 17.3 Å². The molecule has 0 saturated heterocycles. The smallest absolute Gasteiger partial charge is 0.256 e. The van der Waals surface area contributed by atoms with Gasteiger partial charge in [0.1, 0.15) is 11.0 Å². The minimum atomic E-state index is -0.264. The minimum absolute atomic E-state index is 0.225.